The van der Waals surface area contributed by atoms with Gasteiger partial charge >= 0.3 is 19.5 Å². The molecule has 0 amide bonds. The molecule has 0 unspecified atom stereocenters. The van der Waals surface area contributed by atoms with Crippen LogP contribution < -0.4 is 10.2 Å². The first-order valence-corrected chi connectivity index (χ1v) is 4.11. The first-order chi connectivity index (χ1) is 6.25. The molecule has 0 saturated heterocycles. The van der Waals surface area contributed by atoms with E-state index in [-0.39, 0.29) is 29.5 Å². The third-order valence-electron chi connectivity index (χ3n) is 0.633. The van der Waals surface area contributed by atoms with Crippen molar-refractivity contribution in [1.82, 2.24) is 0 Å². The molecule has 0 aliphatic rings. The van der Waals surface area contributed by atoms with Crippen LogP contribution in [0.5, 0.6) is 0 Å². The van der Waals surface area contributed by atoms with Crippen molar-refractivity contribution in [1.29, 1.82) is 0 Å². The fourth-order valence-electron chi connectivity index (χ4n) is 0.325. The van der Waals surface area contributed by atoms with E-state index >= 15 is 0 Å². The minimum Gasteiger partial charge on any atom is -0.545 e. The average Bonchev–Trinajstić information content (AvgIpc) is 1.79. The molecule has 0 fully saturated rings. The van der Waals surface area contributed by atoms with E-state index in [0.29, 0.717) is 0 Å². The molecule has 15 heavy (non-hydrogen) atoms. The quantitative estimate of drug-likeness (QED) is 0.521. The number of hydrogen-bond acceptors (Lipinski definition) is 4. The molecule has 4 nitrogen and oxygen atoms in total. The molecule has 0 atom stereocenters. The molecule has 0 spiro atoms. The van der Waals surface area contributed by atoms with Crippen molar-refractivity contribution < 1.29 is 39.3 Å². The maximum atomic E-state index is 9.54. The van der Waals surface area contributed by atoms with Crippen molar-refractivity contribution in [3.8, 4) is 0 Å². The van der Waals surface area contributed by atoms with Crippen molar-refractivity contribution >= 4 is 35.1 Å². The molecule has 0 aromatic heterocycles. The van der Waals surface area contributed by atoms with Crippen LogP contribution in [0.3, 0.4) is 0 Å². The van der Waals surface area contributed by atoms with Gasteiger partial charge in [-0.3, -0.25) is 0 Å². The molecule has 0 N–H and O–H groups in total. The molecule has 0 saturated carbocycles. The number of hydrogen-bond donors (Lipinski definition) is 0. The van der Waals surface area contributed by atoms with Crippen LogP contribution in [0.2, 0.25) is 0 Å². The maximum absolute atomic E-state index is 9.54. The number of carboxylic acid groups (broad SMARTS) is 2. The Labute approximate surface area is 110 Å². The number of carbonyl (C=O) groups excluding carboxylic acids is 2. The van der Waals surface area contributed by atoms with Crippen LogP contribution in [-0.4, -0.2) is 11.9 Å². The molecule has 80 valence electrons. The summed E-state index contributed by atoms with van der Waals surface area (Å²) in [7, 11) is 0. The zero-order chi connectivity index (χ0) is 11.7. The number of rotatable bonds is 2. The van der Waals surface area contributed by atoms with Gasteiger partial charge in [0.25, 0.3) is 0 Å². The zero-order valence-corrected chi connectivity index (χ0v) is 12.7. The fraction of sp³-hybridized carbons (Fsp3) is 0.250. The van der Waals surface area contributed by atoms with E-state index in [1.165, 1.54) is 13.8 Å². The van der Waals surface area contributed by atoms with Gasteiger partial charge in [-0.05, 0) is 26.0 Å². The van der Waals surface area contributed by atoms with Gasteiger partial charge in [0, 0.05) is 10.1 Å². The summed E-state index contributed by atoms with van der Waals surface area (Å²) in [4.78, 5) is 19.1. The van der Waals surface area contributed by atoms with E-state index in [9.17, 15) is 19.8 Å². The smallest absolute Gasteiger partial charge is 0.545 e. The van der Waals surface area contributed by atoms with Gasteiger partial charge in [-0.2, -0.15) is 0 Å². The Morgan fingerprint density at radius 2 is 1.13 bits per heavy atom. The summed E-state index contributed by atoms with van der Waals surface area (Å²) in [6, 6.07) is 0. The number of aliphatic carboxylic acids is 2. The molecule has 0 aliphatic heterocycles. The normalized spacial score (nSPS) is 10.7. The third kappa shape index (κ3) is 31.7. The summed E-state index contributed by atoms with van der Waals surface area (Å²) in [5.41, 5.74) is 0. The van der Waals surface area contributed by atoms with Crippen LogP contribution in [0, 0.1) is 0 Å². The topological polar surface area (TPSA) is 80.3 Å². The minimum absolute atomic E-state index is 0. The first kappa shape index (κ1) is 20.1. The van der Waals surface area contributed by atoms with Gasteiger partial charge in [0.2, 0.25) is 0 Å². The second kappa shape index (κ2) is 11.7. The summed E-state index contributed by atoms with van der Waals surface area (Å²) in [6.07, 6.45) is 1.64. The number of halogens is 2. The predicted molar refractivity (Wildman–Crippen MR) is 49.2 cm³/mol. The monoisotopic (exact) mass is 302 g/mol. The molecule has 0 aromatic carbocycles. The van der Waals surface area contributed by atoms with Gasteiger partial charge in [-0.25, -0.2) is 0 Å². The van der Waals surface area contributed by atoms with Gasteiger partial charge in [0.15, 0.2) is 0 Å². The number of allylic oxidation sites excluding steroid dienone is 2. The minimum atomic E-state index is -1.26. The van der Waals surface area contributed by atoms with Crippen molar-refractivity contribution in [2.24, 2.45) is 0 Å². The van der Waals surface area contributed by atoms with E-state index in [4.69, 9.17) is 23.2 Å². The molecule has 0 heterocycles. The Morgan fingerprint density at radius 1 is 0.933 bits per heavy atom. The van der Waals surface area contributed by atoms with Crippen LogP contribution in [-0.2, 0) is 29.1 Å². The SMILES string of the molecule is C/C(Cl)=C/C(=O)[O-].C/C(Cl)=C/C(=O)[O-].[Zn+2]. The molecule has 0 aliphatic carbocycles. The van der Waals surface area contributed by atoms with Crippen molar-refractivity contribution in [3.05, 3.63) is 22.2 Å². The van der Waals surface area contributed by atoms with Gasteiger partial charge in [-0.15, -0.1) is 0 Å². The Kier molecular flexibility index (Phi) is 15.7. The van der Waals surface area contributed by atoms with E-state index < -0.39 is 11.9 Å². The van der Waals surface area contributed by atoms with Crippen molar-refractivity contribution in [2.45, 2.75) is 13.8 Å². The van der Waals surface area contributed by atoms with E-state index in [1.807, 2.05) is 0 Å². The third-order valence-corrected chi connectivity index (χ3v) is 0.852. The van der Waals surface area contributed by atoms with Gasteiger partial charge < -0.3 is 19.8 Å². The largest absolute Gasteiger partial charge is 2.00 e. The second-order valence-electron chi connectivity index (χ2n) is 2.10. The van der Waals surface area contributed by atoms with Crippen LogP contribution in [0.1, 0.15) is 13.8 Å². The van der Waals surface area contributed by atoms with Crippen molar-refractivity contribution in [3.63, 3.8) is 0 Å². The second-order valence-corrected chi connectivity index (χ2v) is 3.29. The van der Waals surface area contributed by atoms with Crippen LogP contribution in [0.15, 0.2) is 22.2 Å². The van der Waals surface area contributed by atoms with Crippen LogP contribution in [0.4, 0.5) is 0 Å². The zero-order valence-electron chi connectivity index (χ0n) is 8.25. The number of carbonyl (C=O) groups is 2. The van der Waals surface area contributed by atoms with E-state index in [0.717, 1.165) is 12.2 Å². The summed E-state index contributed by atoms with van der Waals surface area (Å²) >= 11 is 10.2. The summed E-state index contributed by atoms with van der Waals surface area (Å²) in [6.45, 7) is 2.94. The predicted octanol–water partition coefficient (Wildman–Crippen LogP) is -0.245. The maximum Gasteiger partial charge on any atom is 2.00 e. The molecule has 0 radical (unpaired) electrons. The van der Waals surface area contributed by atoms with Gasteiger partial charge in [0.1, 0.15) is 0 Å². The first-order valence-electron chi connectivity index (χ1n) is 3.35. The molecule has 0 rings (SSSR count). The van der Waals surface area contributed by atoms with Gasteiger partial charge in [0.05, 0.1) is 11.9 Å². The summed E-state index contributed by atoms with van der Waals surface area (Å²) in [5, 5.41) is 19.5. The standard InChI is InChI=1S/2C4H5ClO2.Zn/c2*1-3(5)2-4(6)7;/h2*2H,1H3,(H,6,7);/q;;+2/p-2/b2*3-2-;. The summed E-state index contributed by atoms with van der Waals surface area (Å²) in [5.74, 6) is -2.51. The summed E-state index contributed by atoms with van der Waals surface area (Å²) < 4.78 is 0. The average molecular weight is 304 g/mol. The molecular formula is C8H8Cl2O4Zn. The van der Waals surface area contributed by atoms with E-state index in [1.54, 1.807) is 0 Å². The Morgan fingerprint density at radius 3 is 1.13 bits per heavy atom. The Balaban J connectivity index is -0.000000180. The molecule has 0 aromatic rings. The number of carboxylic acids is 2. The fourth-order valence-corrected chi connectivity index (χ4v) is 0.503. The van der Waals surface area contributed by atoms with Crippen molar-refractivity contribution in [2.75, 3.05) is 0 Å². The van der Waals surface area contributed by atoms with Crippen LogP contribution in [0.25, 0.3) is 0 Å². The molecule has 0 bridgehead atoms. The molecular weight excluding hydrogens is 296 g/mol. The van der Waals surface area contributed by atoms with Crippen LogP contribution >= 0.6 is 23.2 Å². The van der Waals surface area contributed by atoms with E-state index in [2.05, 4.69) is 0 Å². The Bertz CT molecular complexity index is 238. The van der Waals surface area contributed by atoms with Gasteiger partial charge in [-0.1, -0.05) is 23.2 Å². The molecule has 7 heteroatoms. The Hall–Kier alpha value is -0.377.